The van der Waals surface area contributed by atoms with E-state index in [1.165, 1.54) is 5.56 Å². The van der Waals surface area contributed by atoms with Gasteiger partial charge in [-0.15, -0.1) is 0 Å². The number of rotatable bonds is 11. The van der Waals surface area contributed by atoms with Crippen LogP contribution in [0.4, 0.5) is 0 Å². The van der Waals surface area contributed by atoms with Crippen molar-refractivity contribution in [3.63, 3.8) is 0 Å². The van der Waals surface area contributed by atoms with Gasteiger partial charge in [-0.3, -0.25) is 14.7 Å². The van der Waals surface area contributed by atoms with Crippen molar-refractivity contribution in [2.45, 2.75) is 32.9 Å². The quantitative estimate of drug-likeness (QED) is 0.504. The van der Waals surface area contributed by atoms with Crippen molar-refractivity contribution < 1.29 is 9.53 Å². The van der Waals surface area contributed by atoms with Crippen LogP contribution in [0.15, 0.2) is 79.1 Å². The van der Waals surface area contributed by atoms with Crippen LogP contribution < -0.4 is 10.1 Å². The molecule has 0 aliphatic heterocycles. The minimum atomic E-state index is -0.0861. The molecule has 1 atom stereocenters. The predicted molar refractivity (Wildman–Crippen MR) is 124 cm³/mol. The highest BCUT2D eigenvalue weighted by Gasteiger charge is 2.18. The molecule has 2 aromatic carbocycles. The molecule has 0 saturated heterocycles. The van der Waals surface area contributed by atoms with Crippen LogP contribution in [0.5, 0.6) is 5.75 Å². The Bertz CT molecular complexity index is 928. The van der Waals surface area contributed by atoms with E-state index in [9.17, 15) is 4.79 Å². The van der Waals surface area contributed by atoms with Gasteiger partial charge >= 0.3 is 0 Å². The van der Waals surface area contributed by atoms with Gasteiger partial charge in [0.15, 0.2) is 0 Å². The molecular weight excluding hydrogens is 386 g/mol. The number of hydrogen-bond donors (Lipinski definition) is 1. The second kappa shape index (κ2) is 11.9. The minimum absolute atomic E-state index is 0.0861. The van der Waals surface area contributed by atoms with Gasteiger partial charge in [0.2, 0.25) is 0 Å². The number of amides is 1. The van der Waals surface area contributed by atoms with Gasteiger partial charge in [0.25, 0.3) is 5.91 Å². The molecule has 0 radical (unpaired) electrons. The first kappa shape index (κ1) is 22.5. The van der Waals surface area contributed by atoms with Gasteiger partial charge in [-0.05, 0) is 49.3 Å². The highest BCUT2D eigenvalue weighted by atomic mass is 16.5. The van der Waals surface area contributed by atoms with Crippen LogP contribution in [0.25, 0.3) is 0 Å². The van der Waals surface area contributed by atoms with Crippen molar-refractivity contribution in [2.75, 3.05) is 19.6 Å². The van der Waals surface area contributed by atoms with E-state index in [0.717, 1.165) is 25.1 Å². The number of aromatic nitrogens is 1. The van der Waals surface area contributed by atoms with Gasteiger partial charge in [0.1, 0.15) is 12.4 Å². The maximum Gasteiger partial charge on any atom is 0.251 e. The van der Waals surface area contributed by atoms with Crippen molar-refractivity contribution in [3.05, 3.63) is 95.8 Å². The molecule has 1 N–H and O–H groups in total. The smallest absolute Gasteiger partial charge is 0.251 e. The Kier molecular flexibility index (Phi) is 8.61. The van der Waals surface area contributed by atoms with Gasteiger partial charge in [-0.25, -0.2) is 0 Å². The number of pyridine rings is 1. The Balaban J connectivity index is 1.60. The van der Waals surface area contributed by atoms with E-state index in [-0.39, 0.29) is 11.9 Å². The molecule has 3 rings (SSSR count). The summed E-state index contributed by atoms with van der Waals surface area (Å²) in [6.07, 6.45) is 4.41. The Morgan fingerprint density at radius 3 is 2.48 bits per heavy atom. The zero-order valence-corrected chi connectivity index (χ0v) is 18.3. The molecule has 0 aliphatic carbocycles. The van der Waals surface area contributed by atoms with E-state index in [1.54, 1.807) is 18.5 Å². The van der Waals surface area contributed by atoms with Gasteiger partial charge < -0.3 is 10.1 Å². The first-order valence-electron chi connectivity index (χ1n) is 10.9. The van der Waals surface area contributed by atoms with Crippen LogP contribution in [0.2, 0.25) is 0 Å². The molecule has 3 aromatic rings. The molecule has 0 spiro atoms. The molecule has 0 bridgehead atoms. The molecule has 1 aromatic heterocycles. The highest BCUT2D eigenvalue weighted by Crippen LogP contribution is 2.15. The van der Waals surface area contributed by atoms with Crippen LogP contribution in [-0.4, -0.2) is 41.5 Å². The topological polar surface area (TPSA) is 54.5 Å². The summed E-state index contributed by atoms with van der Waals surface area (Å²) >= 11 is 0. The molecule has 5 heteroatoms. The lowest BCUT2D eigenvalue weighted by Gasteiger charge is -2.30. The third-order valence-corrected chi connectivity index (χ3v) is 5.37. The van der Waals surface area contributed by atoms with Gasteiger partial charge in [-0.2, -0.15) is 0 Å². The lowest BCUT2D eigenvalue weighted by atomic mass is 10.0. The summed E-state index contributed by atoms with van der Waals surface area (Å²) in [6.45, 7) is 7.22. The third kappa shape index (κ3) is 6.93. The first-order chi connectivity index (χ1) is 15.2. The highest BCUT2D eigenvalue weighted by molar-refractivity contribution is 5.94. The Morgan fingerprint density at radius 1 is 1.00 bits per heavy atom. The fourth-order valence-electron chi connectivity index (χ4n) is 3.65. The Morgan fingerprint density at radius 2 is 1.77 bits per heavy atom. The second-order valence-corrected chi connectivity index (χ2v) is 7.45. The van der Waals surface area contributed by atoms with Crippen LogP contribution >= 0.6 is 0 Å². The Hall–Kier alpha value is -3.18. The average molecular weight is 418 g/mol. The van der Waals surface area contributed by atoms with Crippen molar-refractivity contribution in [3.8, 4) is 5.75 Å². The summed E-state index contributed by atoms with van der Waals surface area (Å²) in [6, 6.07) is 21.8. The van der Waals surface area contributed by atoms with E-state index in [1.807, 2.05) is 36.4 Å². The summed E-state index contributed by atoms with van der Waals surface area (Å²) in [4.78, 5) is 19.3. The summed E-state index contributed by atoms with van der Waals surface area (Å²) in [5.74, 6) is 0.582. The zero-order valence-electron chi connectivity index (χ0n) is 18.3. The molecule has 5 nitrogen and oxygen atoms in total. The number of ether oxygens (including phenoxy) is 1. The van der Waals surface area contributed by atoms with Crippen molar-refractivity contribution in [1.82, 2.24) is 15.2 Å². The third-order valence-electron chi connectivity index (χ3n) is 5.37. The molecule has 0 saturated carbocycles. The van der Waals surface area contributed by atoms with Crippen molar-refractivity contribution >= 4 is 5.91 Å². The number of nitrogens with zero attached hydrogens (tertiary/aromatic N) is 2. The van der Waals surface area contributed by atoms with Crippen LogP contribution in [0.1, 0.15) is 35.3 Å². The fourth-order valence-corrected chi connectivity index (χ4v) is 3.65. The van der Waals surface area contributed by atoms with Gasteiger partial charge in [-0.1, -0.05) is 56.3 Å². The summed E-state index contributed by atoms with van der Waals surface area (Å²) in [5, 5.41) is 3.12. The average Bonchev–Trinajstić information content (AvgIpc) is 2.83. The lowest BCUT2D eigenvalue weighted by molar-refractivity contribution is 0.0934. The molecular formula is C26H31N3O2. The zero-order chi connectivity index (χ0) is 21.9. The molecule has 1 heterocycles. The minimum Gasteiger partial charge on any atom is -0.489 e. The number of hydrogen-bond acceptors (Lipinski definition) is 4. The Labute approximate surface area is 185 Å². The number of carbonyl (C=O) groups excluding carboxylic acids is 1. The fraction of sp³-hybridized carbons (Fsp3) is 0.308. The monoisotopic (exact) mass is 417 g/mol. The normalized spacial score (nSPS) is 11.8. The summed E-state index contributed by atoms with van der Waals surface area (Å²) < 4.78 is 5.83. The van der Waals surface area contributed by atoms with E-state index in [2.05, 4.69) is 53.3 Å². The summed E-state index contributed by atoms with van der Waals surface area (Å²) in [7, 11) is 0. The van der Waals surface area contributed by atoms with Crippen LogP contribution in [0, 0.1) is 0 Å². The van der Waals surface area contributed by atoms with E-state index < -0.39 is 0 Å². The van der Waals surface area contributed by atoms with Crippen LogP contribution in [-0.2, 0) is 13.0 Å². The molecule has 0 fully saturated rings. The number of likely N-dealkylation sites (N-methyl/N-ethyl adjacent to an activating group) is 1. The lowest BCUT2D eigenvalue weighted by Crippen LogP contribution is -2.45. The molecule has 1 amide bonds. The maximum absolute atomic E-state index is 12.8. The van der Waals surface area contributed by atoms with Crippen molar-refractivity contribution in [1.29, 1.82) is 0 Å². The van der Waals surface area contributed by atoms with E-state index in [4.69, 9.17) is 4.74 Å². The number of carbonyl (C=O) groups is 1. The second-order valence-electron chi connectivity index (χ2n) is 7.45. The number of nitrogens with one attached hydrogen (secondary N) is 1. The summed E-state index contributed by atoms with van der Waals surface area (Å²) in [5.41, 5.74) is 2.86. The molecule has 1 unspecified atom stereocenters. The molecule has 0 aliphatic rings. The molecule has 162 valence electrons. The van der Waals surface area contributed by atoms with Crippen molar-refractivity contribution in [2.24, 2.45) is 0 Å². The molecule has 31 heavy (non-hydrogen) atoms. The number of benzene rings is 2. The standard InChI is InChI=1S/C26H31N3O2/c1-3-29(4-2)24(16-21-10-6-5-7-11-21)19-28-26(30)23-13-8-14-25(17-23)31-20-22-12-9-15-27-18-22/h5-15,17-18,24H,3-4,16,19-20H2,1-2H3,(H,28,30). The predicted octanol–water partition coefficient (Wildman–Crippen LogP) is 4.34. The first-order valence-corrected chi connectivity index (χ1v) is 10.9. The van der Waals surface area contributed by atoms with Crippen LogP contribution in [0.3, 0.4) is 0 Å². The maximum atomic E-state index is 12.8. The largest absolute Gasteiger partial charge is 0.489 e. The van der Waals surface area contributed by atoms with E-state index in [0.29, 0.717) is 24.5 Å². The van der Waals surface area contributed by atoms with E-state index >= 15 is 0 Å². The van der Waals surface area contributed by atoms with Gasteiger partial charge in [0.05, 0.1) is 0 Å². The SMILES string of the molecule is CCN(CC)C(CNC(=O)c1cccc(OCc2cccnc2)c1)Cc1ccccc1. The van der Waals surface area contributed by atoms with Gasteiger partial charge in [0, 0.05) is 36.1 Å².